The molecule has 0 saturated carbocycles. The summed E-state index contributed by atoms with van der Waals surface area (Å²) in [6.07, 6.45) is 0. The maximum Gasteiger partial charge on any atom is 0.129 e. The van der Waals surface area contributed by atoms with E-state index in [1.54, 1.807) is 0 Å². The maximum absolute atomic E-state index is 5.64. The number of oxime groups is 1. The number of nitrogens with two attached hydrogens (primary N) is 1. The van der Waals surface area contributed by atoms with Crippen LogP contribution in [0, 0.1) is 0 Å². The van der Waals surface area contributed by atoms with Gasteiger partial charge in [-0.1, -0.05) is 17.3 Å². The molecule has 19 heavy (non-hydrogen) atoms. The second-order valence-electron chi connectivity index (χ2n) is 4.59. The Morgan fingerprint density at radius 2 is 2.00 bits per heavy atom. The van der Waals surface area contributed by atoms with Crippen molar-refractivity contribution in [1.29, 1.82) is 0 Å². The number of nitrogens with zero attached hydrogens (tertiary/aromatic N) is 2. The van der Waals surface area contributed by atoms with Gasteiger partial charge in [0.1, 0.15) is 6.61 Å². The van der Waals surface area contributed by atoms with Gasteiger partial charge in [0, 0.05) is 25.3 Å². The number of ether oxygens (including phenoxy) is 1. The van der Waals surface area contributed by atoms with Gasteiger partial charge in [0.25, 0.3) is 0 Å². The zero-order valence-electron chi connectivity index (χ0n) is 11.3. The molecule has 1 aliphatic rings. The number of benzene rings is 1. The lowest BCUT2D eigenvalue weighted by atomic mass is 10.1. The molecular weight excluding hydrogens is 242 g/mol. The average molecular weight is 263 g/mol. The van der Waals surface area contributed by atoms with Gasteiger partial charge in [0.15, 0.2) is 0 Å². The molecular formula is C14H21N3O2. The fraction of sp³-hybridized carbons (Fsp3) is 0.500. The summed E-state index contributed by atoms with van der Waals surface area (Å²) in [7, 11) is 0. The van der Waals surface area contributed by atoms with E-state index < -0.39 is 0 Å². The molecule has 0 atom stereocenters. The third-order valence-electron chi connectivity index (χ3n) is 3.13. The topological polar surface area (TPSA) is 60.1 Å². The Hall–Kier alpha value is -1.59. The molecule has 5 nitrogen and oxygen atoms in total. The van der Waals surface area contributed by atoms with Crippen molar-refractivity contribution in [1.82, 2.24) is 4.90 Å². The minimum atomic E-state index is 0.603. The summed E-state index contributed by atoms with van der Waals surface area (Å²) in [4.78, 5) is 7.67. The van der Waals surface area contributed by atoms with Crippen LogP contribution >= 0.6 is 0 Å². The minimum absolute atomic E-state index is 0.603. The third kappa shape index (κ3) is 4.54. The Morgan fingerprint density at radius 1 is 1.32 bits per heavy atom. The Bertz CT molecular complexity index is 411. The molecule has 0 aliphatic carbocycles. The lowest BCUT2D eigenvalue weighted by Crippen LogP contribution is -2.38. The monoisotopic (exact) mass is 263 g/mol. The van der Waals surface area contributed by atoms with E-state index in [9.17, 15) is 0 Å². The van der Waals surface area contributed by atoms with Crippen molar-refractivity contribution in [3.63, 3.8) is 0 Å². The van der Waals surface area contributed by atoms with Crippen molar-refractivity contribution in [2.45, 2.75) is 6.92 Å². The number of anilines is 1. The zero-order chi connectivity index (χ0) is 13.5. The summed E-state index contributed by atoms with van der Waals surface area (Å²) in [5.74, 6) is 0. The van der Waals surface area contributed by atoms with Gasteiger partial charge in [-0.2, -0.15) is 0 Å². The lowest BCUT2D eigenvalue weighted by Gasteiger charge is -2.25. The van der Waals surface area contributed by atoms with Crippen LogP contribution in [0.5, 0.6) is 0 Å². The summed E-state index contributed by atoms with van der Waals surface area (Å²) >= 11 is 0. The highest BCUT2D eigenvalue weighted by Crippen LogP contribution is 2.07. The molecule has 0 unspecified atom stereocenters. The quantitative estimate of drug-likeness (QED) is 0.377. The standard InChI is InChI=1S/C14H21N3O2/c1-12(13-2-4-14(15)5-3-13)16-19-11-8-17-6-9-18-10-7-17/h2-5H,6-11,15H2,1H3/b16-12-. The first-order valence-corrected chi connectivity index (χ1v) is 6.58. The van der Waals surface area contributed by atoms with E-state index in [1.165, 1.54) is 0 Å². The van der Waals surface area contributed by atoms with Crippen LogP contribution in [0.15, 0.2) is 29.4 Å². The van der Waals surface area contributed by atoms with Gasteiger partial charge in [0.2, 0.25) is 0 Å². The molecule has 1 fully saturated rings. The average Bonchev–Trinajstić information content (AvgIpc) is 2.45. The Labute approximate surface area is 114 Å². The second-order valence-corrected chi connectivity index (χ2v) is 4.59. The van der Waals surface area contributed by atoms with E-state index in [2.05, 4.69) is 10.1 Å². The summed E-state index contributed by atoms with van der Waals surface area (Å²) < 4.78 is 5.29. The first kappa shape index (κ1) is 13.8. The molecule has 1 saturated heterocycles. The fourth-order valence-corrected chi connectivity index (χ4v) is 1.91. The van der Waals surface area contributed by atoms with E-state index in [0.29, 0.717) is 6.61 Å². The number of rotatable bonds is 5. The summed E-state index contributed by atoms with van der Waals surface area (Å²) in [6, 6.07) is 7.61. The van der Waals surface area contributed by atoms with Crippen LogP contribution in [-0.4, -0.2) is 50.1 Å². The zero-order valence-corrected chi connectivity index (χ0v) is 11.3. The number of nitrogen functional groups attached to an aromatic ring is 1. The molecule has 1 aromatic carbocycles. The molecule has 0 radical (unpaired) electrons. The number of morpholine rings is 1. The molecule has 5 heteroatoms. The van der Waals surface area contributed by atoms with Crippen LogP contribution in [0.2, 0.25) is 0 Å². The smallest absolute Gasteiger partial charge is 0.129 e. The molecule has 2 rings (SSSR count). The van der Waals surface area contributed by atoms with Crippen LogP contribution in [0.4, 0.5) is 5.69 Å². The van der Waals surface area contributed by atoms with Crippen LogP contribution in [-0.2, 0) is 9.57 Å². The van der Waals surface area contributed by atoms with E-state index in [-0.39, 0.29) is 0 Å². The first-order valence-electron chi connectivity index (χ1n) is 6.58. The van der Waals surface area contributed by atoms with E-state index in [1.807, 2.05) is 31.2 Å². The van der Waals surface area contributed by atoms with Crippen molar-refractivity contribution >= 4 is 11.4 Å². The van der Waals surface area contributed by atoms with Crippen LogP contribution in [0.25, 0.3) is 0 Å². The van der Waals surface area contributed by atoms with Gasteiger partial charge in [-0.25, -0.2) is 0 Å². The normalized spacial score (nSPS) is 17.4. The van der Waals surface area contributed by atoms with Gasteiger partial charge in [0.05, 0.1) is 18.9 Å². The molecule has 0 aromatic heterocycles. The molecule has 1 aromatic rings. The Morgan fingerprint density at radius 3 is 2.68 bits per heavy atom. The number of hydrogen-bond acceptors (Lipinski definition) is 5. The van der Waals surface area contributed by atoms with Crippen molar-refractivity contribution in [2.75, 3.05) is 45.2 Å². The highest BCUT2D eigenvalue weighted by atomic mass is 16.6. The van der Waals surface area contributed by atoms with Crippen LogP contribution in [0.1, 0.15) is 12.5 Å². The SMILES string of the molecule is C/C(=N/OCCN1CCOCC1)c1ccc(N)cc1. The molecule has 0 amide bonds. The molecule has 0 bridgehead atoms. The van der Waals surface area contributed by atoms with Crippen LogP contribution in [0.3, 0.4) is 0 Å². The van der Waals surface area contributed by atoms with Gasteiger partial charge >= 0.3 is 0 Å². The molecule has 104 valence electrons. The molecule has 1 heterocycles. The van der Waals surface area contributed by atoms with E-state index >= 15 is 0 Å². The van der Waals surface area contributed by atoms with Crippen molar-refractivity contribution in [3.05, 3.63) is 29.8 Å². The molecule has 1 aliphatic heterocycles. The van der Waals surface area contributed by atoms with E-state index in [4.69, 9.17) is 15.3 Å². The highest BCUT2D eigenvalue weighted by molar-refractivity contribution is 5.98. The minimum Gasteiger partial charge on any atom is -0.399 e. The van der Waals surface area contributed by atoms with E-state index in [0.717, 1.165) is 49.8 Å². The van der Waals surface area contributed by atoms with Crippen molar-refractivity contribution < 1.29 is 9.57 Å². The van der Waals surface area contributed by atoms with Gasteiger partial charge < -0.3 is 15.3 Å². The van der Waals surface area contributed by atoms with Crippen LogP contribution < -0.4 is 5.73 Å². The van der Waals surface area contributed by atoms with Gasteiger partial charge in [-0.3, -0.25) is 4.90 Å². The molecule has 2 N–H and O–H groups in total. The summed E-state index contributed by atoms with van der Waals surface area (Å²) in [5, 5.41) is 4.13. The maximum atomic E-state index is 5.64. The first-order chi connectivity index (χ1) is 9.25. The molecule has 0 spiro atoms. The Kier molecular flexibility index (Phi) is 5.18. The van der Waals surface area contributed by atoms with Gasteiger partial charge in [-0.15, -0.1) is 0 Å². The largest absolute Gasteiger partial charge is 0.399 e. The van der Waals surface area contributed by atoms with Crippen molar-refractivity contribution in [3.8, 4) is 0 Å². The summed E-state index contributed by atoms with van der Waals surface area (Å²) in [6.45, 7) is 7.00. The third-order valence-corrected chi connectivity index (χ3v) is 3.13. The predicted molar refractivity (Wildman–Crippen MR) is 76.3 cm³/mol. The van der Waals surface area contributed by atoms with Gasteiger partial charge in [-0.05, 0) is 24.6 Å². The fourth-order valence-electron chi connectivity index (χ4n) is 1.91. The van der Waals surface area contributed by atoms with Crippen molar-refractivity contribution in [2.24, 2.45) is 5.16 Å². The predicted octanol–water partition coefficient (Wildman–Crippen LogP) is 1.34. The Balaban J connectivity index is 1.73. The highest BCUT2D eigenvalue weighted by Gasteiger charge is 2.09. The number of hydrogen-bond donors (Lipinski definition) is 1. The lowest BCUT2D eigenvalue weighted by molar-refractivity contribution is 0.0212. The second kappa shape index (κ2) is 7.11. The summed E-state index contributed by atoms with van der Waals surface area (Å²) in [5.41, 5.74) is 8.29.